The molecule has 1 aliphatic heterocycles. The fraction of sp³-hybridized carbons (Fsp3) is 0.133. The number of carbonyl (C=O) groups excluding carboxylic acids is 1. The van der Waals surface area contributed by atoms with E-state index in [0.29, 0.717) is 33.9 Å². The van der Waals surface area contributed by atoms with Gasteiger partial charge >= 0.3 is 0 Å². The molecule has 0 aromatic heterocycles. The Bertz CT molecular complexity index is 1530. The van der Waals surface area contributed by atoms with E-state index >= 15 is 0 Å². The highest BCUT2D eigenvalue weighted by molar-refractivity contribution is 9.10. The number of hydrogen-bond acceptors (Lipinski definition) is 5. The van der Waals surface area contributed by atoms with E-state index in [1.54, 1.807) is 12.0 Å². The fourth-order valence-electron chi connectivity index (χ4n) is 4.20. The number of fused-ring (bicyclic) bond motifs is 1. The van der Waals surface area contributed by atoms with Crippen molar-refractivity contribution >= 4 is 67.0 Å². The molecule has 4 nitrogen and oxygen atoms in total. The Labute approximate surface area is 234 Å². The second-order valence-corrected chi connectivity index (χ2v) is 11.2. The standard InChI is InChI=1S/C30H24BrNO3S2/c1-19-10-12-20(13-11-19)17-32-29(33)27(37-30(32)36)16-21-14-25(31)28(26(15-21)34-2)35-18-23-8-5-7-22-6-3-4-9-24(22)23/h3-16H,17-18H2,1-2H3/b27-16-. The van der Waals surface area contributed by atoms with Crippen molar-refractivity contribution in [2.75, 3.05) is 7.11 Å². The van der Waals surface area contributed by atoms with Gasteiger partial charge in [0.05, 0.1) is 23.0 Å². The summed E-state index contributed by atoms with van der Waals surface area (Å²) in [6, 6.07) is 26.4. The largest absolute Gasteiger partial charge is 0.493 e. The molecule has 4 aromatic rings. The lowest BCUT2D eigenvalue weighted by molar-refractivity contribution is -0.122. The summed E-state index contributed by atoms with van der Waals surface area (Å²) in [6.45, 7) is 2.89. The van der Waals surface area contributed by atoms with Crippen molar-refractivity contribution in [1.29, 1.82) is 0 Å². The number of ether oxygens (including phenoxy) is 2. The van der Waals surface area contributed by atoms with Crippen LogP contribution in [0.3, 0.4) is 0 Å². The first-order chi connectivity index (χ1) is 17.9. The second kappa shape index (κ2) is 11.1. The summed E-state index contributed by atoms with van der Waals surface area (Å²) >= 11 is 10.5. The molecule has 186 valence electrons. The topological polar surface area (TPSA) is 38.8 Å². The number of rotatable bonds is 7. The Morgan fingerprint density at radius 2 is 1.78 bits per heavy atom. The van der Waals surface area contributed by atoms with Gasteiger partial charge in [0.25, 0.3) is 5.91 Å². The number of nitrogens with zero attached hydrogens (tertiary/aromatic N) is 1. The van der Waals surface area contributed by atoms with Gasteiger partial charge in [-0.3, -0.25) is 9.69 Å². The molecule has 5 rings (SSSR count). The Balaban J connectivity index is 1.36. The normalized spacial score (nSPS) is 14.6. The van der Waals surface area contributed by atoms with Crippen molar-refractivity contribution in [2.45, 2.75) is 20.1 Å². The van der Waals surface area contributed by atoms with E-state index in [1.165, 1.54) is 22.7 Å². The third-order valence-corrected chi connectivity index (χ3v) is 8.10. The van der Waals surface area contributed by atoms with Crippen LogP contribution in [0.4, 0.5) is 0 Å². The molecule has 1 saturated heterocycles. The van der Waals surface area contributed by atoms with Gasteiger partial charge in [0.15, 0.2) is 11.5 Å². The molecule has 7 heteroatoms. The predicted octanol–water partition coefficient (Wildman–Crippen LogP) is 7.90. The molecule has 0 bridgehead atoms. The van der Waals surface area contributed by atoms with E-state index in [0.717, 1.165) is 26.5 Å². The molecule has 1 fully saturated rings. The average molecular weight is 591 g/mol. The van der Waals surface area contributed by atoms with E-state index < -0.39 is 0 Å². The summed E-state index contributed by atoms with van der Waals surface area (Å²) in [6.07, 6.45) is 1.84. The van der Waals surface area contributed by atoms with Crippen molar-refractivity contribution in [3.63, 3.8) is 0 Å². The quantitative estimate of drug-likeness (QED) is 0.162. The van der Waals surface area contributed by atoms with Gasteiger partial charge in [0.1, 0.15) is 10.9 Å². The molecule has 0 spiro atoms. The van der Waals surface area contributed by atoms with Crippen LogP contribution in [-0.2, 0) is 17.9 Å². The first-order valence-corrected chi connectivity index (χ1v) is 13.7. The summed E-state index contributed by atoms with van der Waals surface area (Å²) < 4.78 is 13.2. The lowest BCUT2D eigenvalue weighted by Crippen LogP contribution is -2.27. The first-order valence-electron chi connectivity index (χ1n) is 11.7. The zero-order chi connectivity index (χ0) is 25.9. The molecule has 0 unspecified atom stereocenters. The van der Waals surface area contributed by atoms with Crippen LogP contribution in [0.25, 0.3) is 16.8 Å². The zero-order valence-electron chi connectivity index (χ0n) is 20.4. The number of thioether (sulfide) groups is 1. The fourth-order valence-corrected chi connectivity index (χ4v) is 6.02. The molecule has 0 saturated carbocycles. The Morgan fingerprint density at radius 3 is 2.57 bits per heavy atom. The van der Waals surface area contributed by atoms with Gasteiger partial charge in [-0.15, -0.1) is 0 Å². The van der Waals surface area contributed by atoms with Gasteiger partial charge in [0.2, 0.25) is 0 Å². The highest BCUT2D eigenvalue weighted by Crippen LogP contribution is 2.40. The maximum absolute atomic E-state index is 13.1. The maximum atomic E-state index is 13.1. The highest BCUT2D eigenvalue weighted by atomic mass is 79.9. The van der Waals surface area contributed by atoms with Crippen LogP contribution in [0.2, 0.25) is 0 Å². The van der Waals surface area contributed by atoms with Crippen molar-refractivity contribution < 1.29 is 14.3 Å². The monoisotopic (exact) mass is 589 g/mol. The third kappa shape index (κ3) is 5.59. The number of aryl methyl sites for hydroxylation is 1. The van der Waals surface area contributed by atoms with Crippen LogP contribution in [0.1, 0.15) is 22.3 Å². The number of halogens is 1. The summed E-state index contributed by atoms with van der Waals surface area (Å²) in [5.41, 5.74) is 4.13. The molecule has 0 aliphatic carbocycles. The van der Waals surface area contributed by atoms with Gasteiger partial charge in [-0.05, 0) is 68.5 Å². The molecule has 0 atom stereocenters. The minimum atomic E-state index is -0.0954. The second-order valence-electron chi connectivity index (χ2n) is 8.71. The van der Waals surface area contributed by atoms with E-state index in [9.17, 15) is 4.79 Å². The van der Waals surface area contributed by atoms with Gasteiger partial charge < -0.3 is 9.47 Å². The molecule has 0 radical (unpaired) electrons. The van der Waals surface area contributed by atoms with Crippen LogP contribution < -0.4 is 9.47 Å². The molecule has 1 heterocycles. The van der Waals surface area contributed by atoms with Gasteiger partial charge in [-0.1, -0.05) is 96.3 Å². The van der Waals surface area contributed by atoms with Crippen LogP contribution in [0.5, 0.6) is 11.5 Å². The van der Waals surface area contributed by atoms with Crippen LogP contribution in [0.15, 0.2) is 88.2 Å². The van der Waals surface area contributed by atoms with Crippen LogP contribution >= 0.6 is 39.9 Å². The summed E-state index contributed by atoms with van der Waals surface area (Å²) in [7, 11) is 1.61. The van der Waals surface area contributed by atoms with Gasteiger partial charge in [-0.25, -0.2) is 0 Å². The Morgan fingerprint density at radius 1 is 1.03 bits per heavy atom. The summed E-state index contributed by atoms with van der Waals surface area (Å²) in [5, 5.41) is 2.33. The van der Waals surface area contributed by atoms with E-state index in [4.69, 9.17) is 21.7 Å². The smallest absolute Gasteiger partial charge is 0.266 e. The number of carbonyl (C=O) groups is 1. The molecule has 1 amide bonds. The molecule has 37 heavy (non-hydrogen) atoms. The van der Waals surface area contributed by atoms with E-state index in [1.807, 2.05) is 67.6 Å². The minimum absolute atomic E-state index is 0.0954. The van der Waals surface area contributed by atoms with Crippen molar-refractivity contribution in [3.8, 4) is 11.5 Å². The maximum Gasteiger partial charge on any atom is 0.266 e. The third-order valence-electron chi connectivity index (χ3n) is 6.14. The van der Waals surface area contributed by atoms with Crippen molar-refractivity contribution in [2.24, 2.45) is 0 Å². The number of thiocarbonyl (C=S) groups is 1. The lowest BCUT2D eigenvalue weighted by Gasteiger charge is -2.15. The number of methoxy groups -OCH3 is 1. The Hall–Kier alpha value is -3.13. The summed E-state index contributed by atoms with van der Waals surface area (Å²) in [5.74, 6) is 1.09. The van der Waals surface area contributed by atoms with Crippen LogP contribution in [-0.4, -0.2) is 22.2 Å². The van der Waals surface area contributed by atoms with Crippen molar-refractivity contribution in [1.82, 2.24) is 4.90 Å². The number of hydrogen-bond donors (Lipinski definition) is 0. The summed E-state index contributed by atoms with van der Waals surface area (Å²) in [4.78, 5) is 15.4. The molecule has 0 N–H and O–H groups in total. The first kappa shape index (κ1) is 25.5. The van der Waals surface area contributed by atoms with Crippen molar-refractivity contribution in [3.05, 3.63) is 110 Å². The van der Waals surface area contributed by atoms with Gasteiger partial charge in [-0.2, -0.15) is 0 Å². The molecular weight excluding hydrogens is 566 g/mol. The minimum Gasteiger partial charge on any atom is -0.493 e. The molecule has 4 aromatic carbocycles. The number of benzene rings is 4. The lowest BCUT2D eigenvalue weighted by atomic mass is 10.1. The molecule has 1 aliphatic rings. The zero-order valence-corrected chi connectivity index (χ0v) is 23.6. The van der Waals surface area contributed by atoms with Gasteiger partial charge in [0, 0.05) is 0 Å². The van der Waals surface area contributed by atoms with E-state index in [2.05, 4.69) is 40.2 Å². The average Bonchev–Trinajstić information content (AvgIpc) is 3.16. The predicted molar refractivity (Wildman–Crippen MR) is 159 cm³/mol. The number of amides is 1. The molecular formula is C30H24BrNO3S2. The van der Waals surface area contributed by atoms with Crippen LogP contribution in [0, 0.1) is 6.92 Å². The SMILES string of the molecule is COc1cc(/C=C2\SC(=S)N(Cc3ccc(C)cc3)C2=O)cc(Br)c1OCc1cccc2ccccc12. The van der Waals surface area contributed by atoms with E-state index in [-0.39, 0.29) is 5.91 Å². The Kier molecular flexibility index (Phi) is 7.65. The highest BCUT2D eigenvalue weighted by Gasteiger charge is 2.32.